The van der Waals surface area contributed by atoms with Gasteiger partial charge in [-0.1, -0.05) is 0 Å². The SMILES string of the molecule is Cn1cncc1C(CN)OCCO. The number of hydrogen-bond donors (Lipinski definition) is 2. The molecule has 1 aromatic heterocycles. The lowest BCUT2D eigenvalue weighted by Crippen LogP contribution is -2.19. The number of aliphatic hydroxyl groups is 1. The summed E-state index contributed by atoms with van der Waals surface area (Å²) in [5, 5.41) is 8.59. The molecule has 0 saturated heterocycles. The molecule has 0 spiro atoms. The molecule has 0 aliphatic rings. The van der Waals surface area contributed by atoms with E-state index in [1.165, 1.54) is 0 Å². The largest absolute Gasteiger partial charge is 0.394 e. The molecule has 1 atom stereocenters. The fourth-order valence-corrected chi connectivity index (χ4v) is 1.15. The number of aromatic nitrogens is 2. The van der Waals surface area contributed by atoms with Crippen LogP contribution in [0.4, 0.5) is 0 Å². The normalized spacial score (nSPS) is 13.2. The highest BCUT2D eigenvalue weighted by molar-refractivity contribution is 5.02. The van der Waals surface area contributed by atoms with Crippen LogP contribution in [0.5, 0.6) is 0 Å². The average molecular weight is 185 g/mol. The highest BCUT2D eigenvalue weighted by Crippen LogP contribution is 2.13. The fourth-order valence-electron chi connectivity index (χ4n) is 1.15. The lowest BCUT2D eigenvalue weighted by Gasteiger charge is -2.15. The summed E-state index contributed by atoms with van der Waals surface area (Å²) in [6.45, 7) is 0.695. The van der Waals surface area contributed by atoms with E-state index in [0.29, 0.717) is 13.2 Å². The molecular formula is C8H15N3O2. The number of nitrogens with two attached hydrogens (primary N) is 1. The van der Waals surface area contributed by atoms with Crippen LogP contribution in [0.25, 0.3) is 0 Å². The molecule has 0 saturated carbocycles. The Morgan fingerprint density at radius 3 is 3.00 bits per heavy atom. The Labute approximate surface area is 77.1 Å². The minimum Gasteiger partial charge on any atom is -0.394 e. The maximum absolute atomic E-state index is 8.59. The van der Waals surface area contributed by atoms with Gasteiger partial charge in [-0.2, -0.15) is 0 Å². The monoisotopic (exact) mass is 185 g/mol. The van der Waals surface area contributed by atoms with Crippen molar-refractivity contribution in [3.63, 3.8) is 0 Å². The van der Waals surface area contributed by atoms with Crippen molar-refractivity contribution in [3.05, 3.63) is 18.2 Å². The van der Waals surface area contributed by atoms with Crippen LogP contribution < -0.4 is 5.73 Å². The van der Waals surface area contributed by atoms with Crippen LogP contribution in [0.2, 0.25) is 0 Å². The maximum atomic E-state index is 8.59. The average Bonchev–Trinajstić information content (AvgIpc) is 2.54. The van der Waals surface area contributed by atoms with Crippen molar-refractivity contribution in [2.75, 3.05) is 19.8 Å². The Bertz CT molecular complexity index is 249. The zero-order valence-corrected chi connectivity index (χ0v) is 7.68. The first-order valence-electron chi connectivity index (χ1n) is 4.18. The number of rotatable bonds is 5. The summed E-state index contributed by atoms with van der Waals surface area (Å²) in [7, 11) is 1.88. The van der Waals surface area contributed by atoms with Gasteiger partial charge in [-0.3, -0.25) is 0 Å². The number of imidazole rings is 1. The van der Waals surface area contributed by atoms with Crippen LogP contribution in [-0.4, -0.2) is 34.4 Å². The Morgan fingerprint density at radius 2 is 2.54 bits per heavy atom. The van der Waals surface area contributed by atoms with Crippen LogP contribution in [0.1, 0.15) is 11.8 Å². The molecule has 1 heterocycles. The third kappa shape index (κ3) is 2.51. The smallest absolute Gasteiger partial charge is 0.111 e. The number of aryl methyl sites for hydroxylation is 1. The van der Waals surface area contributed by atoms with E-state index in [2.05, 4.69) is 4.98 Å². The molecule has 1 rings (SSSR count). The zero-order valence-electron chi connectivity index (χ0n) is 7.68. The summed E-state index contributed by atoms with van der Waals surface area (Å²) in [6.07, 6.45) is 3.23. The number of aliphatic hydroxyl groups excluding tert-OH is 1. The third-order valence-corrected chi connectivity index (χ3v) is 1.81. The van der Waals surface area contributed by atoms with E-state index in [0.717, 1.165) is 5.69 Å². The molecule has 0 fully saturated rings. The van der Waals surface area contributed by atoms with Gasteiger partial charge in [0.2, 0.25) is 0 Å². The molecule has 13 heavy (non-hydrogen) atoms. The Balaban J connectivity index is 2.61. The Hall–Kier alpha value is -0.910. The molecule has 74 valence electrons. The Kier molecular flexibility index (Phi) is 3.88. The summed E-state index contributed by atoms with van der Waals surface area (Å²) in [5.74, 6) is 0. The van der Waals surface area contributed by atoms with Gasteiger partial charge in [0.25, 0.3) is 0 Å². The fraction of sp³-hybridized carbons (Fsp3) is 0.625. The molecule has 3 N–H and O–H groups in total. The van der Waals surface area contributed by atoms with E-state index in [1.807, 2.05) is 11.6 Å². The van der Waals surface area contributed by atoms with Crippen LogP contribution in [0.3, 0.4) is 0 Å². The van der Waals surface area contributed by atoms with Gasteiger partial charge in [-0.15, -0.1) is 0 Å². The van der Waals surface area contributed by atoms with Crippen molar-refractivity contribution in [1.82, 2.24) is 9.55 Å². The topological polar surface area (TPSA) is 73.3 Å². The molecule has 0 radical (unpaired) electrons. The van der Waals surface area contributed by atoms with Crippen molar-refractivity contribution in [3.8, 4) is 0 Å². The van der Waals surface area contributed by atoms with Crippen LogP contribution >= 0.6 is 0 Å². The molecule has 5 heteroatoms. The molecule has 5 nitrogen and oxygen atoms in total. The van der Waals surface area contributed by atoms with E-state index >= 15 is 0 Å². The Morgan fingerprint density at radius 1 is 1.77 bits per heavy atom. The second kappa shape index (κ2) is 4.96. The van der Waals surface area contributed by atoms with Crippen molar-refractivity contribution >= 4 is 0 Å². The molecule has 0 aliphatic carbocycles. The van der Waals surface area contributed by atoms with E-state index in [4.69, 9.17) is 15.6 Å². The number of nitrogens with zero attached hydrogens (tertiary/aromatic N) is 2. The predicted octanol–water partition coefficient (Wildman–Crippen LogP) is -0.571. The van der Waals surface area contributed by atoms with Crippen LogP contribution in [0.15, 0.2) is 12.5 Å². The lowest BCUT2D eigenvalue weighted by molar-refractivity contribution is 0.0291. The maximum Gasteiger partial charge on any atom is 0.111 e. The van der Waals surface area contributed by atoms with Gasteiger partial charge >= 0.3 is 0 Å². The van der Waals surface area contributed by atoms with Gasteiger partial charge in [-0.05, 0) is 0 Å². The second-order valence-corrected chi connectivity index (χ2v) is 2.75. The molecule has 0 aromatic carbocycles. The minimum atomic E-state index is -0.181. The van der Waals surface area contributed by atoms with Gasteiger partial charge in [0.1, 0.15) is 6.10 Å². The van der Waals surface area contributed by atoms with Crippen molar-refractivity contribution in [2.24, 2.45) is 12.8 Å². The first-order chi connectivity index (χ1) is 6.29. The third-order valence-electron chi connectivity index (χ3n) is 1.81. The zero-order chi connectivity index (χ0) is 9.68. The van der Waals surface area contributed by atoms with Gasteiger partial charge in [0, 0.05) is 13.6 Å². The van der Waals surface area contributed by atoms with Gasteiger partial charge in [-0.25, -0.2) is 4.98 Å². The number of hydrogen-bond acceptors (Lipinski definition) is 4. The first-order valence-corrected chi connectivity index (χ1v) is 4.18. The van der Waals surface area contributed by atoms with Crippen molar-refractivity contribution in [2.45, 2.75) is 6.10 Å². The highest BCUT2D eigenvalue weighted by Gasteiger charge is 2.12. The highest BCUT2D eigenvalue weighted by atomic mass is 16.5. The summed E-state index contributed by atoms with van der Waals surface area (Å²) < 4.78 is 7.19. The molecule has 0 amide bonds. The standard InChI is InChI=1S/C8H15N3O2/c1-11-6-10-5-7(11)8(4-9)13-3-2-12/h5-6,8,12H,2-4,9H2,1H3. The van der Waals surface area contributed by atoms with Gasteiger partial charge in [0.15, 0.2) is 0 Å². The number of ether oxygens (including phenoxy) is 1. The van der Waals surface area contributed by atoms with Crippen molar-refractivity contribution < 1.29 is 9.84 Å². The van der Waals surface area contributed by atoms with Crippen LogP contribution in [-0.2, 0) is 11.8 Å². The first kappa shape index (κ1) is 10.2. The predicted molar refractivity (Wildman–Crippen MR) is 48.0 cm³/mol. The molecule has 0 bridgehead atoms. The summed E-state index contributed by atoms with van der Waals surface area (Å²) in [5.41, 5.74) is 6.45. The van der Waals surface area contributed by atoms with E-state index in [-0.39, 0.29) is 12.7 Å². The molecular weight excluding hydrogens is 170 g/mol. The minimum absolute atomic E-state index is 0.00829. The molecule has 1 unspecified atom stereocenters. The summed E-state index contributed by atoms with van der Waals surface area (Å²) >= 11 is 0. The summed E-state index contributed by atoms with van der Waals surface area (Å²) in [6, 6.07) is 0. The van der Waals surface area contributed by atoms with Gasteiger partial charge in [0.05, 0.1) is 31.4 Å². The van der Waals surface area contributed by atoms with Crippen molar-refractivity contribution in [1.29, 1.82) is 0 Å². The molecule has 1 aromatic rings. The lowest BCUT2D eigenvalue weighted by atomic mass is 10.2. The molecule has 0 aliphatic heterocycles. The van der Waals surface area contributed by atoms with E-state index in [9.17, 15) is 0 Å². The van der Waals surface area contributed by atoms with E-state index < -0.39 is 0 Å². The van der Waals surface area contributed by atoms with Crippen LogP contribution in [0, 0.1) is 0 Å². The van der Waals surface area contributed by atoms with E-state index in [1.54, 1.807) is 12.5 Å². The second-order valence-electron chi connectivity index (χ2n) is 2.75. The quantitative estimate of drug-likeness (QED) is 0.644. The van der Waals surface area contributed by atoms with Gasteiger partial charge < -0.3 is 20.1 Å². The summed E-state index contributed by atoms with van der Waals surface area (Å²) in [4.78, 5) is 3.96.